The van der Waals surface area contributed by atoms with E-state index >= 15 is 0 Å². The second kappa shape index (κ2) is 10.5. The molecule has 0 spiro atoms. The van der Waals surface area contributed by atoms with Crippen LogP contribution in [-0.4, -0.2) is 39.4 Å². The minimum absolute atomic E-state index is 0.0231. The van der Waals surface area contributed by atoms with Gasteiger partial charge in [0.2, 0.25) is 11.8 Å². The van der Waals surface area contributed by atoms with Gasteiger partial charge in [0, 0.05) is 22.8 Å². The molecular weight excluding hydrogens is 461 g/mol. The molecule has 0 aliphatic rings. The van der Waals surface area contributed by atoms with E-state index in [0.717, 1.165) is 0 Å². The monoisotopic (exact) mass is 479 g/mol. The van der Waals surface area contributed by atoms with Gasteiger partial charge in [-0.05, 0) is 30.3 Å². The van der Waals surface area contributed by atoms with E-state index in [0.29, 0.717) is 38.2 Å². The van der Waals surface area contributed by atoms with Gasteiger partial charge in [-0.25, -0.2) is 0 Å². The molecule has 0 bridgehead atoms. The number of amides is 2. The molecule has 0 aliphatic carbocycles. The second-order valence-corrected chi connectivity index (χ2v) is 8.19. The summed E-state index contributed by atoms with van der Waals surface area (Å²) in [7, 11) is 3.27. The van der Waals surface area contributed by atoms with Crippen molar-refractivity contribution in [3.8, 4) is 5.75 Å². The van der Waals surface area contributed by atoms with Crippen molar-refractivity contribution in [2.24, 2.45) is 7.05 Å². The van der Waals surface area contributed by atoms with Crippen LogP contribution < -0.4 is 15.4 Å². The van der Waals surface area contributed by atoms with Gasteiger partial charge in [0.1, 0.15) is 11.6 Å². The van der Waals surface area contributed by atoms with Crippen LogP contribution in [0.25, 0.3) is 0 Å². The molecule has 0 fully saturated rings. The minimum Gasteiger partial charge on any atom is -0.495 e. The fraction of sp³-hybridized carbons (Fsp3) is 0.200. The fourth-order valence-electron chi connectivity index (χ4n) is 2.66. The van der Waals surface area contributed by atoms with E-state index in [9.17, 15) is 9.59 Å². The van der Waals surface area contributed by atoms with E-state index in [4.69, 9.17) is 27.9 Å². The number of aromatic nitrogens is 3. The number of ether oxygens (including phenoxy) is 1. The summed E-state index contributed by atoms with van der Waals surface area (Å²) in [6, 6.07) is 11.9. The van der Waals surface area contributed by atoms with Crippen molar-refractivity contribution in [1.82, 2.24) is 14.8 Å². The highest BCUT2D eigenvalue weighted by atomic mass is 35.5. The van der Waals surface area contributed by atoms with E-state index in [-0.39, 0.29) is 24.0 Å². The molecule has 0 saturated heterocycles. The number of thioether (sulfide) groups is 1. The minimum atomic E-state index is -0.257. The molecule has 0 saturated carbocycles. The maximum absolute atomic E-state index is 12.4. The molecule has 0 radical (unpaired) electrons. The van der Waals surface area contributed by atoms with Crippen LogP contribution in [0.3, 0.4) is 0 Å². The first-order chi connectivity index (χ1) is 14.9. The zero-order chi connectivity index (χ0) is 22.4. The van der Waals surface area contributed by atoms with Crippen molar-refractivity contribution in [1.29, 1.82) is 0 Å². The Morgan fingerprint density at radius 2 is 1.77 bits per heavy atom. The number of carbonyl (C=O) groups excluding carboxylic acids is 2. The Hall–Kier alpha value is -2.75. The molecule has 1 heterocycles. The summed E-state index contributed by atoms with van der Waals surface area (Å²) in [6.45, 7) is 0. The standard InChI is InChI=1S/C20H19Cl2N5O3S/c1-27-17(10-18(28)24-15-5-3-4-6-16(15)30-2)25-26-20(27)31-11-19(29)23-14-8-12(21)7-13(22)9-14/h3-9H,10-11H2,1-2H3,(H,23,29)(H,24,28). The number of hydrogen-bond acceptors (Lipinski definition) is 6. The highest BCUT2D eigenvalue weighted by molar-refractivity contribution is 7.99. The van der Waals surface area contributed by atoms with Crippen LogP contribution in [0.15, 0.2) is 47.6 Å². The Bertz CT molecular complexity index is 1090. The average Bonchev–Trinajstić information content (AvgIpc) is 3.05. The van der Waals surface area contributed by atoms with Crippen LogP contribution >= 0.6 is 35.0 Å². The van der Waals surface area contributed by atoms with Gasteiger partial charge >= 0.3 is 0 Å². The van der Waals surface area contributed by atoms with Crippen LogP contribution in [0, 0.1) is 0 Å². The largest absolute Gasteiger partial charge is 0.495 e. The summed E-state index contributed by atoms with van der Waals surface area (Å²) < 4.78 is 6.91. The smallest absolute Gasteiger partial charge is 0.234 e. The summed E-state index contributed by atoms with van der Waals surface area (Å²) in [6.07, 6.45) is 0.0231. The number of nitrogens with one attached hydrogen (secondary N) is 2. The van der Waals surface area contributed by atoms with Crippen LogP contribution in [0.2, 0.25) is 10.0 Å². The van der Waals surface area contributed by atoms with Gasteiger partial charge in [-0.15, -0.1) is 10.2 Å². The highest BCUT2D eigenvalue weighted by Gasteiger charge is 2.16. The van der Waals surface area contributed by atoms with Gasteiger partial charge in [-0.3, -0.25) is 9.59 Å². The molecule has 2 amide bonds. The van der Waals surface area contributed by atoms with Crippen molar-refractivity contribution >= 4 is 58.2 Å². The molecular formula is C20H19Cl2N5O3S. The zero-order valence-corrected chi connectivity index (χ0v) is 19.0. The number of carbonyl (C=O) groups is 2. The number of anilines is 2. The Balaban J connectivity index is 1.56. The summed E-state index contributed by atoms with van der Waals surface area (Å²) in [5.74, 6) is 0.631. The van der Waals surface area contributed by atoms with Crippen molar-refractivity contribution in [3.63, 3.8) is 0 Å². The lowest BCUT2D eigenvalue weighted by Crippen LogP contribution is -2.17. The van der Waals surface area contributed by atoms with Gasteiger partial charge < -0.3 is 19.9 Å². The molecule has 0 atom stereocenters. The van der Waals surface area contributed by atoms with Crippen LogP contribution in [0.5, 0.6) is 5.75 Å². The maximum Gasteiger partial charge on any atom is 0.234 e. The Morgan fingerprint density at radius 1 is 1.06 bits per heavy atom. The molecule has 2 aromatic carbocycles. The SMILES string of the molecule is COc1ccccc1NC(=O)Cc1nnc(SCC(=O)Nc2cc(Cl)cc(Cl)c2)n1C. The number of hydrogen-bond donors (Lipinski definition) is 2. The molecule has 0 unspecified atom stereocenters. The van der Waals surface area contributed by atoms with E-state index in [1.54, 1.807) is 48.0 Å². The topological polar surface area (TPSA) is 98.1 Å². The number of para-hydroxylation sites is 2. The molecule has 162 valence electrons. The van der Waals surface area contributed by atoms with E-state index < -0.39 is 0 Å². The number of rotatable bonds is 8. The first kappa shape index (κ1) is 22.9. The molecule has 11 heteroatoms. The molecule has 8 nitrogen and oxygen atoms in total. The van der Waals surface area contributed by atoms with Gasteiger partial charge in [0.05, 0.1) is 25.0 Å². The molecule has 1 aromatic heterocycles. The average molecular weight is 480 g/mol. The lowest BCUT2D eigenvalue weighted by Gasteiger charge is -2.09. The first-order valence-corrected chi connectivity index (χ1v) is 10.8. The number of methoxy groups -OCH3 is 1. The number of halogens is 2. The van der Waals surface area contributed by atoms with E-state index in [2.05, 4.69) is 20.8 Å². The third-order valence-corrected chi connectivity index (χ3v) is 5.56. The van der Waals surface area contributed by atoms with Crippen LogP contribution in [-0.2, 0) is 23.1 Å². The highest BCUT2D eigenvalue weighted by Crippen LogP contribution is 2.24. The quantitative estimate of drug-likeness (QED) is 0.473. The Kier molecular flexibility index (Phi) is 7.78. The third-order valence-electron chi connectivity index (χ3n) is 4.10. The molecule has 3 rings (SSSR count). The molecule has 2 N–H and O–H groups in total. The predicted octanol–water partition coefficient (Wildman–Crippen LogP) is 4.04. The maximum atomic E-state index is 12.4. The third kappa shape index (κ3) is 6.36. The Morgan fingerprint density at radius 3 is 2.48 bits per heavy atom. The lowest BCUT2D eigenvalue weighted by atomic mass is 10.2. The van der Waals surface area contributed by atoms with Crippen LogP contribution in [0.1, 0.15) is 5.82 Å². The summed E-state index contributed by atoms with van der Waals surface area (Å²) in [5, 5.41) is 15.0. The van der Waals surface area contributed by atoms with Gasteiger partial charge in [0.15, 0.2) is 5.16 Å². The normalized spacial score (nSPS) is 10.6. The van der Waals surface area contributed by atoms with Gasteiger partial charge in [0.25, 0.3) is 0 Å². The predicted molar refractivity (Wildman–Crippen MR) is 122 cm³/mol. The summed E-state index contributed by atoms with van der Waals surface area (Å²) in [4.78, 5) is 24.6. The summed E-state index contributed by atoms with van der Waals surface area (Å²) >= 11 is 13.1. The van der Waals surface area contributed by atoms with Gasteiger partial charge in [-0.2, -0.15) is 0 Å². The van der Waals surface area contributed by atoms with Crippen LogP contribution in [0.4, 0.5) is 11.4 Å². The summed E-state index contributed by atoms with van der Waals surface area (Å²) in [5.41, 5.74) is 1.08. The van der Waals surface area contributed by atoms with Crippen molar-refractivity contribution < 1.29 is 14.3 Å². The molecule has 3 aromatic rings. The van der Waals surface area contributed by atoms with Crippen molar-refractivity contribution in [2.75, 3.05) is 23.5 Å². The van der Waals surface area contributed by atoms with E-state index in [1.165, 1.54) is 18.9 Å². The van der Waals surface area contributed by atoms with Crippen molar-refractivity contribution in [3.05, 3.63) is 58.3 Å². The Labute approximate surface area is 193 Å². The molecule has 31 heavy (non-hydrogen) atoms. The van der Waals surface area contributed by atoms with Crippen molar-refractivity contribution in [2.45, 2.75) is 11.6 Å². The van der Waals surface area contributed by atoms with Gasteiger partial charge in [-0.1, -0.05) is 47.1 Å². The first-order valence-electron chi connectivity index (χ1n) is 9.05. The zero-order valence-electron chi connectivity index (χ0n) is 16.7. The number of nitrogens with zero attached hydrogens (tertiary/aromatic N) is 3. The fourth-order valence-corrected chi connectivity index (χ4v) is 3.92. The lowest BCUT2D eigenvalue weighted by molar-refractivity contribution is -0.116. The number of benzene rings is 2. The second-order valence-electron chi connectivity index (χ2n) is 6.38. The van der Waals surface area contributed by atoms with E-state index in [1.807, 2.05) is 6.07 Å². The molecule has 0 aliphatic heterocycles.